The number of aromatic nitrogens is 1. The van der Waals surface area contributed by atoms with Crippen LogP contribution in [0, 0.1) is 12.7 Å². The Morgan fingerprint density at radius 1 is 1.36 bits per heavy atom. The highest BCUT2D eigenvalue weighted by atomic mass is 19.1. The van der Waals surface area contributed by atoms with Crippen LogP contribution < -0.4 is 15.6 Å². The first-order valence-corrected chi connectivity index (χ1v) is 9.67. The molecular formula is C20H22FN3O4. The van der Waals surface area contributed by atoms with Crippen LogP contribution in [0.3, 0.4) is 0 Å². The maximum absolute atomic E-state index is 15.3. The van der Waals surface area contributed by atoms with Gasteiger partial charge >= 0.3 is 5.97 Å². The van der Waals surface area contributed by atoms with Crippen LogP contribution in [0.5, 0.6) is 0 Å². The summed E-state index contributed by atoms with van der Waals surface area (Å²) >= 11 is 0. The Balaban J connectivity index is 1.69. The van der Waals surface area contributed by atoms with E-state index in [0.29, 0.717) is 30.9 Å². The minimum atomic E-state index is -1.28. The molecule has 3 fully saturated rings. The molecule has 5 rings (SSSR count). The number of nitrogens with one attached hydrogen (secondary N) is 1. The summed E-state index contributed by atoms with van der Waals surface area (Å²) in [5, 5.41) is 13.0. The summed E-state index contributed by atoms with van der Waals surface area (Å²) < 4.78 is 23.0. The van der Waals surface area contributed by atoms with E-state index in [1.54, 1.807) is 13.0 Å². The molecule has 1 aromatic heterocycles. The van der Waals surface area contributed by atoms with E-state index < -0.39 is 17.2 Å². The summed E-state index contributed by atoms with van der Waals surface area (Å²) in [7, 11) is 0. The van der Waals surface area contributed by atoms with Gasteiger partial charge in [0, 0.05) is 37.4 Å². The van der Waals surface area contributed by atoms with Crippen molar-refractivity contribution < 1.29 is 19.0 Å². The molecule has 28 heavy (non-hydrogen) atoms. The number of carboxylic acids is 1. The molecule has 7 nitrogen and oxygen atoms in total. The lowest BCUT2D eigenvalue weighted by atomic mass is 10.0. The maximum Gasteiger partial charge on any atom is 0.341 e. The molecule has 0 bridgehead atoms. The van der Waals surface area contributed by atoms with Gasteiger partial charge in [0.15, 0.2) is 0 Å². The molecule has 2 N–H and O–H groups in total. The van der Waals surface area contributed by atoms with Crippen LogP contribution in [-0.4, -0.2) is 54.0 Å². The van der Waals surface area contributed by atoms with Crippen LogP contribution >= 0.6 is 0 Å². The number of nitrogens with zero attached hydrogens (tertiary/aromatic N) is 2. The molecule has 0 radical (unpaired) electrons. The molecule has 1 saturated carbocycles. The molecule has 2 unspecified atom stereocenters. The van der Waals surface area contributed by atoms with Gasteiger partial charge in [-0.3, -0.25) is 4.79 Å². The van der Waals surface area contributed by atoms with Gasteiger partial charge in [0.1, 0.15) is 11.4 Å². The van der Waals surface area contributed by atoms with Crippen LogP contribution in [0.15, 0.2) is 17.1 Å². The number of anilines is 1. The average molecular weight is 387 g/mol. The van der Waals surface area contributed by atoms with Crippen molar-refractivity contribution in [2.75, 3.05) is 31.1 Å². The zero-order valence-electron chi connectivity index (χ0n) is 15.6. The van der Waals surface area contributed by atoms with E-state index >= 15 is 4.39 Å². The largest absolute Gasteiger partial charge is 0.477 e. The predicted octanol–water partition coefficient (Wildman–Crippen LogP) is 1.66. The molecule has 2 aliphatic heterocycles. The molecular weight excluding hydrogens is 365 g/mol. The van der Waals surface area contributed by atoms with E-state index in [4.69, 9.17) is 4.74 Å². The van der Waals surface area contributed by atoms with Crippen molar-refractivity contribution in [1.29, 1.82) is 0 Å². The standard InChI is InChI=1S/C20H22FN3O4/c1-10-17-14(24(11-2-3-11)7-12(19(17)25)20(26)27)6-15(18(10)21)23-8-13-16(9-23)28-5-4-22-13/h6-7,11,13,16,22H,2-5,8-9H2,1H3,(H,26,27). The van der Waals surface area contributed by atoms with Gasteiger partial charge in [-0.2, -0.15) is 0 Å². The third kappa shape index (κ3) is 2.62. The number of aromatic carboxylic acids is 1. The van der Waals surface area contributed by atoms with Crippen molar-refractivity contribution in [2.24, 2.45) is 0 Å². The molecule has 1 aliphatic carbocycles. The number of aryl methyl sites for hydroxylation is 1. The fourth-order valence-electron chi connectivity index (χ4n) is 4.48. The first kappa shape index (κ1) is 17.6. The van der Waals surface area contributed by atoms with E-state index in [1.165, 1.54) is 6.20 Å². The van der Waals surface area contributed by atoms with Gasteiger partial charge in [0.05, 0.1) is 35.3 Å². The van der Waals surface area contributed by atoms with Crippen molar-refractivity contribution in [3.05, 3.63) is 39.4 Å². The van der Waals surface area contributed by atoms with E-state index in [9.17, 15) is 14.7 Å². The summed E-state index contributed by atoms with van der Waals surface area (Å²) in [6.07, 6.45) is 3.28. The summed E-state index contributed by atoms with van der Waals surface area (Å²) in [5.41, 5.74) is 0.331. The van der Waals surface area contributed by atoms with Crippen LogP contribution in [-0.2, 0) is 4.74 Å². The van der Waals surface area contributed by atoms with E-state index in [2.05, 4.69) is 5.32 Å². The first-order chi connectivity index (χ1) is 13.5. The molecule has 0 spiro atoms. The zero-order valence-corrected chi connectivity index (χ0v) is 15.6. The quantitative estimate of drug-likeness (QED) is 0.834. The molecule has 2 atom stereocenters. The fourth-order valence-corrected chi connectivity index (χ4v) is 4.48. The number of rotatable bonds is 3. The molecule has 0 amide bonds. The normalized spacial score (nSPS) is 24.6. The number of pyridine rings is 1. The van der Waals surface area contributed by atoms with Crippen LogP contribution in [0.1, 0.15) is 34.8 Å². The number of hydrogen-bond donors (Lipinski definition) is 2. The SMILES string of the molecule is Cc1c(F)c(N2CC3NCCOC3C2)cc2c1c(=O)c(C(=O)O)cn2C1CC1. The van der Waals surface area contributed by atoms with E-state index in [0.717, 1.165) is 19.4 Å². The second-order valence-electron chi connectivity index (χ2n) is 7.92. The number of hydrogen-bond acceptors (Lipinski definition) is 5. The van der Waals surface area contributed by atoms with Crippen molar-refractivity contribution in [3.63, 3.8) is 0 Å². The smallest absolute Gasteiger partial charge is 0.341 e. The second kappa shape index (κ2) is 6.28. The van der Waals surface area contributed by atoms with Gasteiger partial charge in [-0.15, -0.1) is 0 Å². The lowest BCUT2D eigenvalue weighted by molar-refractivity contribution is 0.0212. The molecule has 2 aromatic rings. The molecule has 1 aromatic carbocycles. The van der Waals surface area contributed by atoms with E-state index in [1.807, 2.05) is 9.47 Å². The highest BCUT2D eigenvalue weighted by molar-refractivity contribution is 5.95. The molecule has 2 saturated heterocycles. The van der Waals surface area contributed by atoms with Gasteiger partial charge in [0.2, 0.25) is 5.43 Å². The summed E-state index contributed by atoms with van der Waals surface area (Å²) in [5.74, 6) is -1.75. The minimum absolute atomic E-state index is 0.0177. The van der Waals surface area contributed by atoms with Crippen LogP contribution in [0.4, 0.5) is 10.1 Å². The lowest BCUT2D eigenvalue weighted by Crippen LogP contribution is -2.47. The van der Waals surface area contributed by atoms with E-state index in [-0.39, 0.29) is 34.7 Å². The molecule has 3 aliphatic rings. The number of carboxylic acid groups (broad SMARTS) is 1. The number of ether oxygens (including phenoxy) is 1. The summed E-state index contributed by atoms with van der Waals surface area (Å²) in [6.45, 7) is 4.21. The fraction of sp³-hybridized carbons (Fsp3) is 0.500. The summed E-state index contributed by atoms with van der Waals surface area (Å²) in [6, 6.07) is 2.02. The van der Waals surface area contributed by atoms with Gasteiger partial charge in [-0.25, -0.2) is 9.18 Å². The van der Waals surface area contributed by atoms with Crippen molar-refractivity contribution in [3.8, 4) is 0 Å². The second-order valence-corrected chi connectivity index (χ2v) is 7.92. The number of halogens is 1. The van der Waals surface area contributed by atoms with Gasteiger partial charge in [-0.1, -0.05) is 0 Å². The number of benzene rings is 1. The molecule has 8 heteroatoms. The molecule has 148 valence electrons. The number of carbonyl (C=O) groups is 1. The van der Waals surface area contributed by atoms with Crippen molar-refractivity contribution in [2.45, 2.75) is 38.0 Å². The Kier molecular flexibility index (Phi) is 3.96. The Hall–Kier alpha value is -2.45. The minimum Gasteiger partial charge on any atom is -0.477 e. The lowest BCUT2D eigenvalue weighted by Gasteiger charge is -2.25. The van der Waals surface area contributed by atoms with Crippen molar-refractivity contribution in [1.82, 2.24) is 9.88 Å². The third-order valence-electron chi connectivity index (χ3n) is 6.09. The predicted molar refractivity (Wildman–Crippen MR) is 102 cm³/mol. The third-order valence-corrected chi connectivity index (χ3v) is 6.09. The van der Waals surface area contributed by atoms with Crippen LogP contribution in [0.2, 0.25) is 0 Å². The maximum atomic E-state index is 15.3. The van der Waals surface area contributed by atoms with Gasteiger partial charge in [0.25, 0.3) is 0 Å². The van der Waals surface area contributed by atoms with Gasteiger partial charge < -0.3 is 24.6 Å². The highest BCUT2D eigenvalue weighted by Gasteiger charge is 2.37. The number of morpholine rings is 1. The Morgan fingerprint density at radius 2 is 2.14 bits per heavy atom. The summed E-state index contributed by atoms with van der Waals surface area (Å²) in [4.78, 5) is 26.3. The average Bonchev–Trinajstić information content (AvgIpc) is 3.42. The molecule has 3 heterocycles. The Morgan fingerprint density at radius 3 is 2.82 bits per heavy atom. The monoisotopic (exact) mass is 387 g/mol. The van der Waals surface area contributed by atoms with Crippen LogP contribution in [0.25, 0.3) is 10.9 Å². The Bertz CT molecular complexity index is 1030. The van der Waals surface area contributed by atoms with Crippen molar-refractivity contribution >= 4 is 22.6 Å². The van der Waals surface area contributed by atoms with Gasteiger partial charge in [-0.05, 0) is 25.8 Å². The first-order valence-electron chi connectivity index (χ1n) is 9.67. The topological polar surface area (TPSA) is 83.8 Å². The highest BCUT2D eigenvalue weighted by Crippen LogP contribution is 2.39. The zero-order chi connectivity index (χ0) is 19.6. The number of fused-ring (bicyclic) bond motifs is 2. The Labute approximate surface area is 160 Å².